The van der Waals surface area contributed by atoms with Gasteiger partial charge in [0.05, 0.1) is 6.67 Å². The van der Waals surface area contributed by atoms with Crippen LogP contribution in [0.1, 0.15) is 77.2 Å². The van der Waals surface area contributed by atoms with Crippen LogP contribution < -0.4 is 11.1 Å². The molecule has 4 rings (SSSR count). The van der Waals surface area contributed by atoms with Crippen molar-refractivity contribution in [2.75, 3.05) is 13.2 Å². The lowest BCUT2D eigenvalue weighted by molar-refractivity contribution is -0.139. The van der Waals surface area contributed by atoms with Crippen molar-refractivity contribution in [2.45, 2.75) is 83.1 Å². The summed E-state index contributed by atoms with van der Waals surface area (Å²) in [7, 11) is 0. The van der Waals surface area contributed by atoms with E-state index in [1.54, 1.807) is 0 Å². The van der Waals surface area contributed by atoms with E-state index < -0.39 is 0 Å². The molecule has 2 bridgehead atoms. The Hall–Kier alpha value is -1.42. The van der Waals surface area contributed by atoms with Crippen molar-refractivity contribution in [3.05, 3.63) is 35.9 Å². The van der Waals surface area contributed by atoms with E-state index >= 15 is 0 Å². The Morgan fingerprint density at radius 2 is 1.77 bits per heavy atom. The number of rotatable bonds is 5. The summed E-state index contributed by atoms with van der Waals surface area (Å²) < 4.78 is 14.1. The Bertz CT molecular complexity index is 747. The summed E-state index contributed by atoms with van der Waals surface area (Å²) in [6.45, 7) is 4.75. The normalized spacial score (nSPS) is 41.3. The molecule has 4 atom stereocenters. The van der Waals surface area contributed by atoms with E-state index in [1.165, 1.54) is 5.56 Å². The van der Waals surface area contributed by atoms with Crippen molar-refractivity contribution in [3.63, 3.8) is 0 Å². The van der Waals surface area contributed by atoms with Crippen molar-refractivity contribution in [2.24, 2.45) is 28.4 Å². The second kappa shape index (κ2) is 8.26. The third-order valence-corrected chi connectivity index (χ3v) is 8.47. The first-order valence-electron chi connectivity index (χ1n) is 11.9. The molecule has 1 amide bonds. The Labute approximate surface area is 181 Å². The summed E-state index contributed by atoms with van der Waals surface area (Å²) >= 11 is 0. The van der Waals surface area contributed by atoms with Crippen LogP contribution in [-0.2, 0) is 10.2 Å². The number of benzene rings is 1. The third kappa shape index (κ3) is 4.17. The van der Waals surface area contributed by atoms with E-state index in [1.807, 2.05) is 6.07 Å². The fourth-order valence-corrected chi connectivity index (χ4v) is 7.31. The first-order chi connectivity index (χ1) is 14.3. The van der Waals surface area contributed by atoms with Gasteiger partial charge in [-0.15, -0.1) is 0 Å². The number of nitrogens with one attached hydrogen (secondary N) is 1. The van der Waals surface area contributed by atoms with Crippen LogP contribution in [0, 0.1) is 22.7 Å². The minimum Gasteiger partial charge on any atom is -0.353 e. The molecule has 0 aliphatic heterocycles. The maximum atomic E-state index is 14.1. The summed E-state index contributed by atoms with van der Waals surface area (Å²) in [6, 6.07) is 10.9. The lowest BCUT2D eigenvalue weighted by Gasteiger charge is -2.57. The van der Waals surface area contributed by atoms with Crippen molar-refractivity contribution >= 4 is 5.91 Å². The van der Waals surface area contributed by atoms with E-state index in [4.69, 9.17) is 5.73 Å². The quantitative estimate of drug-likeness (QED) is 0.701. The number of amides is 1. The highest BCUT2D eigenvalue weighted by atomic mass is 19.1. The Balaban J connectivity index is 1.56. The summed E-state index contributed by atoms with van der Waals surface area (Å²) in [5.74, 6) is 1.23. The van der Waals surface area contributed by atoms with E-state index in [0.717, 1.165) is 64.3 Å². The Morgan fingerprint density at radius 1 is 1.07 bits per heavy atom. The molecule has 0 aromatic heterocycles. The average Bonchev–Trinajstić information content (AvgIpc) is 2.74. The van der Waals surface area contributed by atoms with Crippen LogP contribution in [0.15, 0.2) is 30.3 Å². The lowest BCUT2D eigenvalue weighted by Crippen LogP contribution is -2.56. The van der Waals surface area contributed by atoms with Crippen molar-refractivity contribution in [3.8, 4) is 0 Å². The van der Waals surface area contributed by atoms with Crippen LogP contribution in [0.2, 0.25) is 0 Å². The van der Waals surface area contributed by atoms with Crippen LogP contribution in [0.5, 0.6) is 0 Å². The monoisotopic (exact) mass is 414 g/mol. The molecule has 3 aliphatic rings. The zero-order chi connectivity index (χ0) is 21.4. The fourth-order valence-electron chi connectivity index (χ4n) is 7.31. The van der Waals surface area contributed by atoms with Crippen LogP contribution in [0.4, 0.5) is 4.39 Å². The van der Waals surface area contributed by atoms with Crippen LogP contribution in [-0.4, -0.2) is 25.2 Å². The molecule has 3 nitrogen and oxygen atoms in total. The van der Waals surface area contributed by atoms with E-state index in [0.29, 0.717) is 11.8 Å². The first kappa shape index (κ1) is 21.8. The van der Waals surface area contributed by atoms with Gasteiger partial charge in [0.25, 0.3) is 0 Å². The highest BCUT2D eigenvalue weighted by Crippen LogP contribution is 2.61. The van der Waals surface area contributed by atoms with Crippen molar-refractivity contribution in [1.29, 1.82) is 0 Å². The number of carbonyl (C=O) groups excluding carboxylic acids is 1. The molecule has 0 heterocycles. The third-order valence-electron chi connectivity index (χ3n) is 8.47. The lowest BCUT2D eigenvalue weighted by atomic mass is 9.47. The molecule has 0 radical (unpaired) electrons. The number of alkyl halides is 1. The number of hydrogen-bond donors (Lipinski definition) is 2. The van der Waals surface area contributed by atoms with E-state index in [9.17, 15) is 9.18 Å². The Kier molecular flexibility index (Phi) is 6.00. The molecule has 4 heteroatoms. The van der Waals surface area contributed by atoms with Gasteiger partial charge in [0.2, 0.25) is 5.91 Å². The first-order valence-corrected chi connectivity index (χ1v) is 11.9. The number of nitrogens with two attached hydrogens (primary N) is 1. The Morgan fingerprint density at radius 3 is 2.40 bits per heavy atom. The maximum absolute atomic E-state index is 14.1. The van der Waals surface area contributed by atoms with Crippen LogP contribution >= 0.6 is 0 Å². The van der Waals surface area contributed by atoms with Gasteiger partial charge in [-0.2, -0.15) is 0 Å². The minimum absolute atomic E-state index is 0.105. The summed E-state index contributed by atoms with van der Waals surface area (Å²) in [4.78, 5) is 13.6. The molecule has 1 aromatic rings. The van der Waals surface area contributed by atoms with Gasteiger partial charge in [-0.3, -0.25) is 9.18 Å². The van der Waals surface area contributed by atoms with Gasteiger partial charge in [0.1, 0.15) is 0 Å². The fraction of sp³-hybridized carbons (Fsp3) is 0.731. The number of carbonyl (C=O) groups is 1. The predicted octanol–water partition coefficient (Wildman–Crippen LogP) is 5.13. The van der Waals surface area contributed by atoms with Crippen LogP contribution in [0.3, 0.4) is 0 Å². The minimum atomic E-state index is -0.388. The predicted molar refractivity (Wildman–Crippen MR) is 120 cm³/mol. The van der Waals surface area contributed by atoms with Gasteiger partial charge < -0.3 is 11.1 Å². The maximum Gasteiger partial charge on any atom is 0.226 e. The molecule has 3 unspecified atom stereocenters. The highest BCUT2D eigenvalue weighted by Gasteiger charge is 2.56. The molecule has 3 N–H and O–H groups in total. The van der Waals surface area contributed by atoms with Gasteiger partial charge in [-0.05, 0) is 92.6 Å². The van der Waals surface area contributed by atoms with Gasteiger partial charge >= 0.3 is 0 Å². The topological polar surface area (TPSA) is 55.1 Å². The van der Waals surface area contributed by atoms with E-state index in [2.05, 4.69) is 43.4 Å². The van der Waals surface area contributed by atoms with Crippen molar-refractivity contribution in [1.82, 2.24) is 5.32 Å². The zero-order valence-electron chi connectivity index (χ0n) is 18.8. The zero-order valence-corrected chi connectivity index (χ0v) is 18.8. The van der Waals surface area contributed by atoms with E-state index in [-0.39, 0.29) is 34.9 Å². The standard InChI is InChI=1S/C26H39FN2O/c1-24(18-27)12-20-13-25(2,23(30)29-22-10-8-19(15-28)9-11-22)17-26(14-20,16-24)21-6-4-3-5-7-21/h3-7,19-20,22H,8-18,28H2,1-2H3,(H,29,30)/t19?,20?,22?,24-,25?,26?/m0/s1. The largest absolute Gasteiger partial charge is 0.353 e. The van der Waals surface area contributed by atoms with Gasteiger partial charge in [0, 0.05) is 11.5 Å². The second-order valence-electron chi connectivity index (χ2n) is 11.4. The van der Waals surface area contributed by atoms with Gasteiger partial charge in [0.15, 0.2) is 0 Å². The molecule has 3 saturated carbocycles. The van der Waals surface area contributed by atoms with Crippen LogP contribution in [0.25, 0.3) is 0 Å². The average molecular weight is 415 g/mol. The molecule has 0 spiro atoms. The summed E-state index contributed by atoms with van der Waals surface area (Å²) in [5.41, 5.74) is 6.34. The molecule has 1 aromatic carbocycles. The number of halogens is 1. The molecule has 0 saturated heterocycles. The SMILES string of the molecule is CC1(C(=O)NC2CCC(CN)CC2)CC2CC(c3ccccc3)(C1)C[C@@](C)(CF)C2. The molecule has 3 fully saturated rings. The number of fused-ring (bicyclic) bond motifs is 2. The van der Waals surface area contributed by atoms with Crippen molar-refractivity contribution < 1.29 is 9.18 Å². The van der Waals surface area contributed by atoms with Gasteiger partial charge in [-0.25, -0.2) is 0 Å². The summed E-state index contributed by atoms with van der Waals surface area (Å²) in [6.07, 6.45) is 8.81. The smallest absolute Gasteiger partial charge is 0.226 e. The number of hydrogen-bond acceptors (Lipinski definition) is 2. The molecule has 166 valence electrons. The summed E-state index contributed by atoms with van der Waals surface area (Å²) in [5, 5.41) is 3.41. The highest BCUT2D eigenvalue weighted by molar-refractivity contribution is 5.83. The van der Waals surface area contributed by atoms with Gasteiger partial charge in [-0.1, -0.05) is 44.2 Å². The molecular weight excluding hydrogens is 375 g/mol. The molecular formula is C26H39FN2O. The second-order valence-corrected chi connectivity index (χ2v) is 11.4. The molecule has 30 heavy (non-hydrogen) atoms. The molecule has 3 aliphatic carbocycles.